The van der Waals surface area contributed by atoms with Crippen LogP contribution in [0.4, 0.5) is 0 Å². The molecule has 1 aliphatic carbocycles. The fourth-order valence-electron chi connectivity index (χ4n) is 3.02. The predicted molar refractivity (Wildman–Crippen MR) is 78.8 cm³/mol. The summed E-state index contributed by atoms with van der Waals surface area (Å²) in [5, 5.41) is 0. The number of halogens is 1. The Morgan fingerprint density at radius 1 is 1.18 bits per heavy atom. The standard InChI is InChI=1S/C16H23Br/c1-2-3-7-15-12-14(10-11-16(15)17)13-8-5-4-6-9-13/h4-6,8-9,14-16H,2-3,7,10-12H2,1H3. The second-order valence-electron chi connectivity index (χ2n) is 5.34. The Balaban J connectivity index is 1.97. The van der Waals surface area contributed by atoms with Crippen molar-refractivity contribution in [1.82, 2.24) is 0 Å². The molecule has 2 rings (SSSR count). The minimum Gasteiger partial charge on any atom is -0.0888 e. The van der Waals surface area contributed by atoms with Gasteiger partial charge in [0.2, 0.25) is 0 Å². The maximum Gasteiger partial charge on any atom is 0.0174 e. The van der Waals surface area contributed by atoms with Crippen LogP contribution in [-0.2, 0) is 0 Å². The molecule has 0 N–H and O–H groups in total. The van der Waals surface area contributed by atoms with Crippen molar-refractivity contribution in [2.75, 3.05) is 0 Å². The summed E-state index contributed by atoms with van der Waals surface area (Å²) in [7, 11) is 0. The van der Waals surface area contributed by atoms with E-state index in [1.54, 1.807) is 5.56 Å². The van der Waals surface area contributed by atoms with Crippen molar-refractivity contribution < 1.29 is 0 Å². The molecule has 0 radical (unpaired) electrons. The SMILES string of the molecule is CCCCC1CC(c2ccccc2)CCC1Br. The molecule has 0 nitrogen and oxygen atoms in total. The molecule has 0 heterocycles. The molecule has 1 saturated carbocycles. The maximum atomic E-state index is 3.88. The van der Waals surface area contributed by atoms with E-state index in [4.69, 9.17) is 0 Å². The lowest BCUT2D eigenvalue weighted by Crippen LogP contribution is -2.24. The smallest absolute Gasteiger partial charge is 0.0174 e. The van der Waals surface area contributed by atoms with Crippen LogP contribution in [0.2, 0.25) is 0 Å². The molecule has 3 unspecified atom stereocenters. The second-order valence-corrected chi connectivity index (χ2v) is 6.52. The van der Waals surface area contributed by atoms with Gasteiger partial charge in [0, 0.05) is 4.83 Å². The van der Waals surface area contributed by atoms with Crippen LogP contribution in [0.3, 0.4) is 0 Å². The number of alkyl halides is 1. The van der Waals surface area contributed by atoms with Gasteiger partial charge in [-0.15, -0.1) is 0 Å². The van der Waals surface area contributed by atoms with Crippen molar-refractivity contribution in [1.29, 1.82) is 0 Å². The van der Waals surface area contributed by atoms with Gasteiger partial charge in [-0.2, -0.15) is 0 Å². The van der Waals surface area contributed by atoms with Gasteiger partial charge < -0.3 is 0 Å². The normalized spacial score (nSPS) is 29.2. The van der Waals surface area contributed by atoms with Gasteiger partial charge in [0.15, 0.2) is 0 Å². The van der Waals surface area contributed by atoms with Crippen LogP contribution in [0.1, 0.15) is 56.9 Å². The number of hydrogen-bond acceptors (Lipinski definition) is 0. The number of benzene rings is 1. The second kappa shape index (κ2) is 6.58. The van der Waals surface area contributed by atoms with Crippen LogP contribution in [0.5, 0.6) is 0 Å². The molecule has 0 saturated heterocycles. The largest absolute Gasteiger partial charge is 0.0888 e. The summed E-state index contributed by atoms with van der Waals surface area (Å²) < 4.78 is 0. The Hall–Kier alpha value is -0.300. The first kappa shape index (κ1) is 13.1. The van der Waals surface area contributed by atoms with Crippen LogP contribution in [0.15, 0.2) is 30.3 Å². The number of hydrogen-bond donors (Lipinski definition) is 0. The van der Waals surface area contributed by atoms with Crippen molar-refractivity contribution >= 4 is 15.9 Å². The third-order valence-electron chi connectivity index (χ3n) is 4.09. The van der Waals surface area contributed by atoms with Gasteiger partial charge in [0.05, 0.1) is 0 Å². The third-order valence-corrected chi connectivity index (χ3v) is 5.29. The summed E-state index contributed by atoms with van der Waals surface area (Å²) in [6.07, 6.45) is 8.17. The van der Waals surface area contributed by atoms with Gasteiger partial charge in [0.25, 0.3) is 0 Å². The lowest BCUT2D eigenvalue weighted by molar-refractivity contribution is 0.314. The van der Waals surface area contributed by atoms with E-state index < -0.39 is 0 Å². The van der Waals surface area contributed by atoms with E-state index >= 15 is 0 Å². The van der Waals surface area contributed by atoms with E-state index in [1.807, 2.05) is 0 Å². The summed E-state index contributed by atoms with van der Waals surface area (Å²) in [5.74, 6) is 1.68. The maximum absolute atomic E-state index is 3.88. The molecule has 0 spiro atoms. The minimum atomic E-state index is 0.758. The molecule has 1 heteroatoms. The Kier molecular flexibility index (Phi) is 5.09. The van der Waals surface area contributed by atoms with Gasteiger partial charge >= 0.3 is 0 Å². The van der Waals surface area contributed by atoms with Gasteiger partial charge in [-0.05, 0) is 43.1 Å². The first-order valence-electron chi connectivity index (χ1n) is 7.00. The monoisotopic (exact) mass is 294 g/mol. The quantitative estimate of drug-likeness (QED) is 0.641. The summed E-state index contributed by atoms with van der Waals surface area (Å²) >= 11 is 3.88. The van der Waals surface area contributed by atoms with Gasteiger partial charge in [-0.25, -0.2) is 0 Å². The van der Waals surface area contributed by atoms with Gasteiger partial charge in [-0.3, -0.25) is 0 Å². The lowest BCUT2D eigenvalue weighted by Gasteiger charge is -2.33. The van der Waals surface area contributed by atoms with E-state index in [0.29, 0.717) is 0 Å². The Bertz CT molecular complexity index is 320. The molecule has 0 aliphatic heterocycles. The summed E-state index contributed by atoms with van der Waals surface area (Å²) in [5.41, 5.74) is 1.55. The molecule has 3 atom stereocenters. The highest BCUT2D eigenvalue weighted by Gasteiger charge is 2.28. The molecular formula is C16H23Br. The zero-order valence-corrected chi connectivity index (χ0v) is 12.3. The Morgan fingerprint density at radius 2 is 1.94 bits per heavy atom. The Labute approximate surface area is 114 Å². The third kappa shape index (κ3) is 3.58. The molecule has 0 aromatic heterocycles. The van der Waals surface area contributed by atoms with Crippen molar-refractivity contribution in [3.05, 3.63) is 35.9 Å². The highest BCUT2D eigenvalue weighted by molar-refractivity contribution is 9.09. The van der Waals surface area contributed by atoms with Crippen molar-refractivity contribution in [3.8, 4) is 0 Å². The number of rotatable bonds is 4. The Morgan fingerprint density at radius 3 is 2.65 bits per heavy atom. The molecule has 1 aliphatic rings. The molecule has 1 aromatic rings. The summed E-state index contributed by atoms with van der Waals surface area (Å²) in [6.45, 7) is 2.29. The van der Waals surface area contributed by atoms with E-state index in [-0.39, 0.29) is 0 Å². The van der Waals surface area contributed by atoms with Crippen LogP contribution in [-0.4, -0.2) is 4.83 Å². The van der Waals surface area contributed by atoms with E-state index in [2.05, 4.69) is 53.2 Å². The van der Waals surface area contributed by atoms with E-state index in [0.717, 1.165) is 16.7 Å². The van der Waals surface area contributed by atoms with Crippen molar-refractivity contribution in [3.63, 3.8) is 0 Å². The van der Waals surface area contributed by atoms with Crippen LogP contribution >= 0.6 is 15.9 Å². The van der Waals surface area contributed by atoms with Crippen LogP contribution < -0.4 is 0 Å². The van der Waals surface area contributed by atoms with Crippen LogP contribution in [0.25, 0.3) is 0 Å². The highest BCUT2D eigenvalue weighted by Crippen LogP contribution is 2.41. The molecule has 17 heavy (non-hydrogen) atoms. The van der Waals surface area contributed by atoms with Gasteiger partial charge in [0.1, 0.15) is 0 Å². The van der Waals surface area contributed by atoms with Crippen molar-refractivity contribution in [2.24, 2.45) is 5.92 Å². The van der Waals surface area contributed by atoms with E-state index in [9.17, 15) is 0 Å². The highest BCUT2D eigenvalue weighted by atomic mass is 79.9. The lowest BCUT2D eigenvalue weighted by atomic mass is 9.76. The first-order valence-corrected chi connectivity index (χ1v) is 7.91. The minimum absolute atomic E-state index is 0.758. The zero-order chi connectivity index (χ0) is 12.1. The molecule has 1 aromatic carbocycles. The molecule has 0 amide bonds. The molecular weight excluding hydrogens is 272 g/mol. The fourth-order valence-corrected chi connectivity index (χ4v) is 3.76. The number of unbranched alkanes of at least 4 members (excludes halogenated alkanes) is 1. The topological polar surface area (TPSA) is 0 Å². The summed E-state index contributed by atoms with van der Waals surface area (Å²) in [6, 6.07) is 11.1. The average molecular weight is 295 g/mol. The molecule has 94 valence electrons. The van der Waals surface area contributed by atoms with Crippen LogP contribution in [0, 0.1) is 5.92 Å². The van der Waals surface area contributed by atoms with Crippen molar-refractivity contribution in [2.45, 2.75) is 56.2 Å². The van der Waals surface area contributed by atoms with Gasteiger partial charge in [-0.1, -0.05) is 66.0 Å². The zero-order valence-electron chi connectivity index (χ0n) is 10.7. The fraction of sp³-hybridized carbons (Fsp3) is 0.625. The predicted octanol–water partition coefficient (Wildman–Crippen LogP) is 5.52. The van der Waals surface area contributed by atoms with E-state index in [1.165, 1.54) is 38.5 Å². The first-order chi connectivity index (χ1) is 8.31. The molecule has 1 fully saturated rings. The average Bonchev–Trinajstić information content (AvgIpc) is 2.39. The molecule has 0 bridgehead atoms. The summed E-state index contributed by atoms with van der Waals surface area (Å²) in [4.78, 5) is 0.758.